The van der Waals surface area contributed by atoms with E-state index in [9.17, 15) is 9.90 Å². The number of nitrogens with one attached hydrogen (secondary N) is 1. The van der Waals surface area contributed by atoms with Crippen molar-refractivity contribution in [1.29, 1.82) is 0 Å². The van der Waals surface area contributed by atoms with Crippen molar-refractivity contribution < 1.29 is 19.4 Å². The fourth-order valence-electron chi connectivity index (χ4n) is 3.84. The molecule has 1 heterocycles. The Morgan fingerprint density at radius 2 is 1.96 bits per heavy atom. The van der Waals surface area contributed by atoms with Gasteiger partial charge in [0.05, 0.1) is 19.3 Å². The fourth-order valence-corrected chi connectivity index (χ4v) is 3.84. The average Bonchev–Trinajstić information content (AvgIpc) is 2.74. The van der Waals surface area contributed by atoms with Gasteiger partial charge in [-0.3, -0.25) is 4.79 Å². The number of benzene rings is 2. The molecule has 1 saturated heterocycles. The first kappa shape index (κ1) is 18.8. The second-order valence-electron chi connectivity index (χ2n) is 7.22. The molecule has 1 aliphatic heterocycles. The molecular formula is C22H26N2O4. The van der Waals surface area contributed by atoms with Crippen molar-refractivity contribution >= 4 is 17.3 Å². The normalized spacial score (nSPS) is 19.0. The van der Waals surface area contributed by atoms with Crippen molar-refractivity contribution in [2.24, 2.45) is 0 Å². The molecule has 2 N–H and O–H groups in total. The van der Waals surface area contributed by atoms with Crippen LogP contribution in [0.2, 0.25) is 0 Å². The van der Waals surface area contributed by atoms with Gasteiger partial charge in [0.25, 0.3) is 5.91 Å². The van der Waals surface area contributed by atoms with Crippen molar-refractivity contribution in [1.82, 2.24) is 0 Å². The van der Waals surface area contributed by atoms with E-state index in [1.807, 2.05) is 42.5 Å². The van der Waals surface area contributed by atoms with Gasteiger partial charge in [0.1, 0.15) is 5.75 Å². The molecule has 0 spiro atoms. The number of aliphatic hydroxyl groups is 1. The van der Waals surface area contributed by atoms with Crippen molar-refractivity contribution in [2.75, 3.05) is 43.1 Å². The van der Waals surface area contributed by atoms with Gasteiger partial charge < -0.3 is 24.8 Å². The predicted molar refractivity (Wildman–Crippen MR) is 108 cm³/mol. The minimum Gasteiger partial charge on any atom is -0.483 e. The van der Waals surface area contributed by atoms with Gasteiger partial charge in [-0.2, -0.15) is 0 Å². The van der Waals surface area contributed by atoms with Gasteiger partial charge in [-0.1, -0.05) is 12.1 Å². The molecule has 2 aromatic rings. The van der Waals surface area contributed by atoms with Crippen LogP contribution in [0.3, 0.4) is 0 Å². The number of anilines is 2. The summed E-state index contributed by atoms with van der Waals surface area (Å²) >= 11 is 0. The van der Waals surface area contributed by atoms with Crippen LogP contribution in [0.4, 0.5) is 11.4 Å². The van der Waals surface area contributed by atoms with Gasteiger partial charge in [-0.15, -0.1) is 0 Å². The topological polar surface area (TPSA) is 71.0 Å². The lowest BCUT2D eigenvalue weighted by molar-refractivity contribution is -0.118. The van der Waals surface area contributed by atoms with Gasteiger partial charge >= 0.3 is 0 Å². The molecule has 6 heteroatoms. The molecule has 1 aliphatic carbocycles. The van der Waals surface area contributed by atoms with Crippen molar-refractivity contribution in [3.8, 4) is 5.75 Å². The third kappa shape index (κ3) is 4.29. The maximum absolute atomic E-state index is 12.3. The number of carbonyl (C=O) groups excluding carboxylic acids is 1. The van der Waals surface area contributed by atoms with E-state index in [4.69, 9.17) is 9.47 Å². The van der Waals surface area contributed by atoms with Crippen molar-refractivity contribution in [3.05, 3.63) is 53.6 Å². The number of hydrogen-bond donors (Lipinski definition) is 2. The smallest absolute Gasteiger partial charge is 0.262 e. The number of amides is 1. The third-order valence-corrected chi connectivity index (χ3v) is 5.32. The Balaban J connectivity index is 1.33. The standard InChI is InChI=1S/C22H26N2O4/c25-20-5-1-4-19-18(20)3-2-6-21(19)28-15-22(26)23-16-7-9-17(10-8-16)24-11-13-27-14-12-24/h2-3,6-10,20,25H,1,4-5,11-15H2,(H,23,26). The maximum Gasteiger partial charge on any atom is 0.262 e. The molecule has 148 valence electrons. The van der Waals surface area contributed by atoms with Crippen LogP contribution in [0.1, 0.15) is 30.1 Å². The summed E-state index contributed by atoms with van der Waals surface area (Å²) in [6, 6.07) is 13.5. The second-order valence-corrected chi connectivity index (χ2v) is 7.22. The quantitative estimate of drug-likeness (QED) is 0.832. The number of nitrogens with zero attached hydrogens (tertiary/aromatic N) is 1. The second kappa shape index (κ2) is 8.63. The number of rotatable bonds is 5. The van der Waals surface area contributed by atoms with E-state index in [0.717, 1.165) is 68.1 Å². The zero-order valence-corrected chi connectivity index (χ0v) is 15.9. The van der Waals surface area contributed by atoms with E-state index < -0.39 is 6.10 Å². The lowest BCUT2D eigenvalue weighted by Crippen LogP contribution is -2.36. The number of hydrogen-bond acceptors (Lipinski definition) is 5. The summed E-state index contributed by atoms with van der Waals surface area (Å²) < 4.78 is 11.1. The van der Waals surface area contributed by atoms with Crippen LogP contribution in [0.25, 0.3) is 0 Å². The third-order valence-electron chi connectivity index (χ3n) is 5.32. The van der Waals surface area contributed by atoms with Gasteiger partial charge in [0, 0.05) is 24.5 Å². The molecule has 1 fully saturated rings. The lowest BCUT2D eigenvalue weighted by atomic mass is 9.89. The summed E-state index contributed by atoms with van der Waals surface area (Å²) in [5, 5.41) is 13.0. The van der Waals surface area contributed by atoms with Crippen molar-refractivity contribution in [3.63, 3.8) is 0 Å². The van der Waals surface area contributed by atoms with E-state index >= 15 is 0 Å². The molecule has 1 unspecified atom stereocenters. The van der Waals surface area contributed by atoms with Gasteiger partial charge in [-0.25, -0.2) is 0 Å². The highest BCUT2D eigenvalue weighted by Crippen LogP contribution is 2.35. The van der Waals surface area contributed by atoms with Gasteiger partial charge in [-0.05, 0) is 60.7 Å². The van der Waals surface area contributed by atoms with Crippen LogP contribution >= 0.6 is 0 Å². The molecule has 4 rings (SSSR count). The first-order chi connectivity index (χ1) is 13.7. The number of ether oxygens (including phenoxy) is 2. The van der Waals surface area contributed by atoms with Crippen LogP contribution in [-0.4, -0.2) is 43.9 Å². The summed E-state index contributed by atoms with van der Waals surface area (Å²) in [4.78, 5) is 14.6. The molecule has 0 aromatic heterocycles. The molecule has 6 nitrogen and oxygen atoms in total. The Bertz CT molecular complexity index is 816. The number of carbonyl (C=O) groups is 1. The van der Waals surface area contributed by atoms with E-state index in [-0.39, 0.29) is 12.5 Å². The SMILES string of the molecule is O=C(COc1cccc2c1CCCC2O)Nc1ccc(N2CCOCC2)cc1. The summed E-state index contributed by atoms with van der Waals surface area (Å²) in [5.74, 6) is 0.488. The molecule has 1 atom stereocenters. The Morgan fingerprint density at radius 3 is 2.75 bits per heavy atom. The lowest BCUT2D eigenvalue weighted by Gasteiger charge is -2.28. The molecule has 0 radical (unpaired) electrons. The van der Waals surface area contributed by atoms with Crippen molar-refractivity contribution in [2.45, 2.75) is 25.4 Å². The van der Waals surface area contributed by atoms with E-state index in [0.29, 0.717) is 5.75 Å². The van der Waals surface area contributed by atoms with Crippen LogP contribution in [0.5, 0.6) is 5.75 Å². The minimum atomic E-state index is -0.439. The molecule has 2 aliphatic rings. The Hall–Kier alpha value is -2.57. The highest BCUT2D eigenvalue weighted by Gasteiger charge is 2.21. The minimum absolute atomic E-state index is 0.0578. The Labute approximate surface area is 165 Å². The molecular weight excluding hydrogens is 356 g/mol. The summed E-state index contributed by atoms with van der Waals surface area (Å²) in [6.45, 7) is 3.20. The zero-order chi connectivity index (χ0) is 19.3. The molecule has 2 aromatic carbocycles. The van der Waals surface area contributed by atoms with Crippen LogP contribution in [0, 0.1) is 0 Å². The zero-order valence-electron chi connectivity index (χ0n) is 15.9. The maximum atomic E-state index is 12.3. The molecule has 28 heavy (non-hydrogen) atoms. The molecule has 0 saturated carbocycles. The van der Waals surface area contributed by atoms with Gasteiger partial charge in [0.2, 0.25) is 0 Å². The van der Waals surface area contributed by atoms with Crippen LogP contribution in [0.15, 0.2) is 42.5 Å². The average molecular weight is 382 g/mol. The van der Waals surface area contributed by atoms with Crippen LogP contribution < -0.4 is 15.0 Å². The highest BCUT2D eigenvalue weighted by molar-refractivity contribution is 5.92. The van der Waals surface area contributed by atoms with E-state index in [2.05, 4.69) is 10.2 Å². The number of morpholine rings is 1. The van der Waals surface area contributed by atoms with E-state index in [1.165, 1.54) is 0 Å². The first-order valence-electron chi connectivity index (χ1n) is 9.86. The van der Waals surface area contributed by atoms with E-state index in [1.54, 1.807) is 0 Å². The summed E-state index contributed by atoms with van der Waals surface area (Å²) in [7, 11) is 0. The largest absolute Gasteiger partial charge is 0.483 e. The first-order valence-corrected chi connectivity index (χ1v) is 9.86. The summed E-state index contributed by atoms with van der Waals surface area (Å²) in [6.07, 6.45) is 2.13. The van der Waals surface area contributed by atoms with Crippen LogP contribution in [-0.2, 0) is 16.0 Å². The predicted octanol–water partition coefficient (Wildman–Crippen LogP) is 2.91. The number of fused-ring (bicyclic) bond motifs is 1. The van der Waals surface area contributed by atoms with Gasteiger partial charge in [0.15, 0.2) is 6.61 Å². The Morgan fingerprint density at radius 1 is 1.18 bits per heavy atom. The fraction of sp³-hybridized carbons (Fsp3) is 0.409. The summed E-state index contributed by atoms with van der Waals surface area (Å²) in [5.41, 5.74) is 3.81. The monoisotopic (exact) mass is 382 g/mol. The Kier molecular flexibility index (Phi) is 5.78. The number of aliphatic hydroxyl groups excluding tert-OH is 1. The highest BCUT2D eigenvalue weighted by atomic mass is 16.5. The molecule has 1 amide bonds. The molecule has 0 bridgehead atoms.